The summed E-state index contributed by atoms with van der Waals surface area (Å²) < 4.78 is 16.5. The zero-order chi connectivity index (χ0) is 17.6. The molecule has 5 heteroatoms. The van der Waals surface area contributed by atoms with Gasteiger partial charge in [0.15, 0.2) is 0 Å². The minimum Gasteiger partial charge on any atom is -0.317 e. The van der Waals surface area contributed by atoms with Crippen LogP contribution in [0.2, 0.25) is 0 Å². The summed E-state index contributed by atoms with van der Waals surface area (Å²) in [6.45, 7) is 3.91. The highest BCUT2D eigenvalue weighted by Gasteiger charge is 2.17. The van der Waals surface area contributed by atoms with E-state index in [1.165, 1.54) is 16.8 Å². The van der Waals surface area contributed by atoms with E-state index in [4.69, 9.17) is 0 Å². The Morgan fingerprint density at radius 3 is 2.24 bits per heavy atom. The smallest absolute Gasteiger partial charge is 0.281 e. The molecule has 0 fully saturated rings. The Bertz CT molecular complexity index is 1130. The summed E-state index contributed by atoms with van der Waals surface area (Å²) in [5, 5.41) is 5.73. The quantitative estimate of drug-likeness (QED) is 0.557. The van der Waals surface area contributed by atoms with Crippen molar-refractivity contribution in [1.82, 2.24) is 14.3 Å². The number of benzene rings is 2. The normalized spacial score (nSPS) is 11.2. The van der Waals surface area contributed by atoms with Gasteiger partial charge in [-0.2, -0.15) is 9.78 Å². The number of hydrogen-bond donors (Lipinski definition) is 0. The van der Waals surface area contributed by atoms with Crippen LogP contribution in [0, 0.1) is 19.7 Å². The van der Waals surface area contributed by atoms with Crippen LogP contribution in [0.15, 0.2) is 65.6 Å². The fourth-order valence-corrected chi connectivity index (χ4v) is 3.29. The van der Waals surface area contributed by atoms with Gasteiger partial charge in [0.2, 0.25) is 0 Å². The molecule has 25 heavy (non-hydrogen) atoms. The van der Waals surface area contributed by atoms with E-state index in [9.17, 15) is 9.18 Å². The fraction of sp³-hybridized carbons (Fsp3) is 0.100. The third-order valence-corrected chi connectivity index (χ3v) is 4.49. The molecule has 4 aromatic rings. The number of aromatic nitrogens is 3. The second kappa shape index (κ2) is 5.70. The summed E-state index contributed by atoms with van der Waals surface area (Å²) in [7, 11) is 0. The Kier molecular flexibility index (Phi) is 3.50. The Labute approximate surface area is 143 Å². The van der Waals surface area contributed by atoms with Gasteiger partial charge in [0, 0.05) is 22.5 Å². The summed E-state index contributed by atoms with van der Waals surface area (Å²) in [6, 6.07) is 15.6. The van der Waals surface area contributed by atoms with E-state index in [1.807, 2.05) is 44.2 Å². The molecule has 0 bridgehead atoms. The molecule has 0 aliphatic rings. The van der Waals surface area contributed by atoms with Crippen molar-refractivity contribution >= 4 is 10.8 Å². The maximum atomic E-state index is 13.2. The molecule has 0 aliphatic heterocycles. The first-order chi connectivity index (χ1) is 12.1. The first-order valence-electron chi connectivity index (χ1n) is 7.99. The Morgan fingerprint density at radius 1 is 0.880 bits per heavy atom. The molecule has 2 aromatic heterocycles. The standard InChI is InChI=1S/C20H16FN3O/c1-13-18-12-22-24(17-10-8-15(21)9-11-17)20(25)19(18)14(2)23(13)16-6-4-3-5-7-16/h3-12H,1-2H3. The van der Waals surface area contributed by atoms with E-state index in [-0.39, 0.29) is 11.4 Å². The summed E-state index contributed by atoms with van der Waals surface area (Å²) in [4.78, 5) is 13.0. The number of hydrogen-bond acceptors (Lipinski definition) is 2. The van der Waals surface area contributed by atoms with Gasteiger partial charge in [-0.05, 0) is 50.2 Å². The summed E-state index contributed by atoms with van der Waals surface area (Å²) >= 11 is 0. The number of aryl methyl sites for hydroxylation is 2. The zero-order valence-corrected chi connectivity index (χ0v) is 13.9. The van der Waals surface area contributed by atoms with Crippen molar-refractivity contribution in [1.29, 1.82) is 0 Å². The molecule has 0 atom stereocenters. The van der Waals surface area contributed by atoms with Gasteiger partial charge in [-0.25, -0.2) is 4.39 Å². The lowest BCUT2D eigenvalue weighted by Crippen LogP contribution is -2.21. The van der Waals surface area contributed by atoms with E-state index < -0.39 is 0 Å². The van der Waals surface area contributed by atoms with Crippen molar-refractivity contribution in [2.75, 3.05) is 0 Å². The van der Waals surface area contributed by atoms with Gasteiger partial charge < -0.3 is 4.57 Å². The zero-order valence-electron chi connectivity index (χ0n) is 13.9. The van der Waals surface area contributed by atoms with Crippen LogP contribution in [-0.4, -0.2) is 14.3 Å². The summed E-state index contributed by atoms with van der Waals surface area (Å²) in [5.41, 5.74) is 3.16. The number of halogens is 1. The van der Waals surface area contributed by atoms with Gasteiger partial charge in [-0.15, -0.1) is 0 Å². The average molecular weight is 333 g/mol. The fourth-order valence-electron chi connectivity index (χ4n) is 3.29. The molecule has 0 radical (unpaired) electrons. The van der Waals surface area contributed by atoms with Crippen molar-refractivity contribution in [2.24, 2.45) is 0 Å². The molecular weight excluding hydrogens is 317 g/mol. The van der Waals surface area contributed by atoms with Gasteiger partial charge in [0.1, 0.15) is 5.82 Å². The third kappa shape index (κ3) is 2.36. The molecule has 0 aliphatic carbocycles. The van der Waals surface area contributed by atoms with Gasteiger partial charge >= 0.3 is 0 Å². The summed E-state index contributed by atoms with van der Waals surface area (Å²) in [5.74, 6) is -0.347. The van der Waals surface area contributed by atoms with Crippen LogP contribution in [-0.2, 0) is 0 Å². The lowest BCUT2D eigenvalue weighted by molar-refractivity contribution is 0.626. The number of fused-ring (bicyclic) bond motifs is 1. The number of nitrogens with zero attached hydrogens (tertiary/aromatic N) is 3. The SMILES string of the molecule is Cc1c2cnn(-c3ccc(F)cc3)c(=O)c2c(C)n1-c1ccccc1. The van der Waals surface area contributed by atoms with E-state index in [2.05, 4.69) is 9.67 Å². The van der Waals surface area contributed by atoms with E-state index in [0.29, 0.717) is 11.1 Å². The van der Waals surface area contributed by atoms with Crippen LogP contribution in [0.4, 0.5) is 4.39 Å². The second-order valence-electron chi connectivity index (χ2n) is 5.97. The molecule has 4 rings (SSSR count). The third-order valence-electron chi connectivity index (χ3n) is 4.49. The first-order valence-corrected chi connectivity index (χ1v) is 7.99. The second-order valence-corrected chi connectivity index (χ2v) is 5.97. The van der Waals surface area contributed by atoms with Crippen molar-refractivity contribution < 1.29 is 4.39 Å². The largest absolute Gasteiger partial charge is 0.317 e. The van der Waals surface area contributed by atoms with Crippen molar-refractivity contribution in [3.8, 4) is 11.4 Å². The van der Waals surface area contributed by atoms with Gasteiger partial charge in [-0.1, -0.05) is 18.2 Å². The van der Waals surface area contributed by atoms with Crippen molar-refractivity contribution in [3.63, 3.8) is 0 Å². The van der Waals surface area contributed by atoms with Crippen molar-refractivity contribution in [3.05, 3.63) is 88.4 Å². The first kappa shape index (κ1) is 15.3. The summed E-state index contributed by atoms with van der Waals surface area (Å²) in [6.07, 6.45) is 1.70. The molecule has 0 spiro atoms. The molecule has 2 heterocycles. The molecule has 4 nitrogen and oxygen atoms in total. The number of rotatable bonds is 2. The average Bonchev–Trinajstić information content (AvgIpc) is 2.88. The Balaban J connectivity index is 2.01. The lowest BCUT2D eigenvalue weighted by Gasteiger charge is -2.08. The Morgan fingerprint density at radius 2 is 1.56 bits per heavy atom. The predicted molar refractivity (Wildman–Crippen MR) is 96.1 cm³/mol. The van der Waals surface area contributed by atoms with Gasteiger partial charge in [-0.3, -0.25) is 4.79 Å². The highest BCUT2D eigenvalue weighted by atomic mass is 19.1. The number of para-hydroxylation sites is 1. The highest BCUT2D eigenvalue weighted by Crippen LogP contribution is 2.26. The van der Waals surface area contributed by atoms with Crippen LogP contribution in [0.5, 0.6) is 0 Å². The van der Waals surface area contributed by atoms with Crippen LogP contribution >= 0.6 is 0 Å². The van der Waals surface area contributed by atoms with Crippen LogP contribution < -0.4 is 5.56 Å². The lowest BCUT2D eigenvalue weighted by atomic mass is 10.2. The maximum absolute atomic E-state index is 13.2. The minimum absolute atomic E-state index is 0.209. The molecule has 2 aromatic carbocycles. The van der Waals surface area contributed by atoms with Gasteiger partial charge in [0.05, 0.1) is 17.3 Å². The molecule has 0 unspecified atom stereocenters. The van der Waals surface area contributed by atoms with Crippen molar-refractivity contribution in [2.45, 2.75) is 13.8 Å². The predicted octanol–water partition coefficient (Wildman–Crippen LogP) is 3.93. The highest BCUT2D eigenvalue weighted by molar-refractivity contribution is 5.88. The van der Waals surface area contributed by atoms with E-state index >= 15 is 0 Å². The van der Waals surface area contributed by atoms with E-state index in [0.717, 1.165) is 22.5 Å². The molecular formula is C20H16FN3O. The molecule has 0 amide bonds. The van der Waals surface area contributed by atoms with Crippen LogP contribution in [0.25, 0.3) is 22.1 Å². The van der Waals surface area contributed by atoms with E-state index in [1.54, 1.807) is 18.3 Å². The molecule has 0 saturated heterocycles. The monoisotopic (exact) mass is 333 g/mol. The topological polar surface area (TPSA) is 39.8 Å². The Hall–Kier alpha value is -3.21. The molecule has 0 N–H and O–H groups in total. The van der Waals surface area contributed by atoms with Gasteiger partial charge in [0.25, 0.3) is 5.56 Å². The maximum Gasteiger partial charge on any atom is 0.281 e. The minimum atomic E-state index is -0.347. The van der Waals surface area contributed by atoms with Crippen LogP contribution in [0.3, 0.4) is 0 Å². The van der Waals surface area contributed by atoms with Crippen LogP contribution in [0.1, 0.15) is 11.4 Å². The molecule has 124 valence electrons. The molecule has 0 saturated carbocycles.